The van der Waals surface area contributed by atoms with Gasteiger partial charge in [0.05, 0.1) is 0 Å². The molecular formula is C17H25ClN2O. The van der Waals surface area contributed by atoms with Gasteiger partial charge in [-0.15, -0.1) is 12.4 Å². The van der Waals surface area contributed by atoms with Crippen LogP contribution in [0.4, 0.5) is 0 Å². The van der Waals surface area contributed by atoms with Crippen molar-refractivity contribution in [3.05, 3.63) is 35.4 Å². The number of halogens is 1. The van der Waals surface area contributed by atoms with Crippen LogP contribution in [0, 0.1) is 5.92 Å². The minimum atomic E-state index is 0. The zero-order valence-electron chi connectivity index (χ0n) is 12.7. The van der Waals surface area contributed by atoms with Gasteiger partial charge in [0.2, 0.25) is 5.91 Å². The standard InChI is InChI=1S/C17H24N2O.ClH/c1-13-12-18-8-9-19(13)17(20)11-14-6-7-15-4-2-3-5-16(15)10-14;/h2-5,13-14,18H,6-12H2,1H3;1H/t13-,14?;/m0./s1. The number of hydrogen-bond acceptors (Lipinski definition) is 2. The van der Waals surface area contributed by atoms with Crippen LogP contribution in [0.1, 0.15) is 30.9 Å². The molecule has 1 N–H and O–H groups in total. The van der Waals surface area contributed by atoms with E-state index in [2.05, 4.69) is 41.4 Å². The number of fused-ring (bicyclic) bond motifs is 1. The van der Waals surface area contributed by atoms with E-state index in [0.29, 0.717) is 17.9 Å². The Hall–Kier alpha value is -1.06. The smallest absolute Gasteiger partial charge is 0.223 e. The molecule has 1 aliphatic carbocycles. The van der Waals surface area contributed by atoms with Crippen molar-refractivity contribution in [2.45, 2.75) is 38.6 Å². The van der Waals surface area contributed by atoms with E-state index in [1.165, 1.54) is 11.1 Å². The Balaban J connectivity index is 0.00000161. The van der Waals surface area contributed by atoms with Crippen LogP contribution in [0.25, 0.3) is 0 Å². The fourth-order valence-corrected chi connectivity index (χ4v) is 3.52. The van der Waals surface area contributed by atoms with Crippen molar-refractivity contribution < 1.29 is 4.79 Å². The van der Waals surface area contributed by atoms with Gasteiger partial charge in [-0.25, -0.2) is 0 Å². The van der Waals surface area contributed by atoms with Gasteiger partial charge in [0.1, 0.15) is 0 Å². The highest BCUT2D eigenvalue weighted by atomic mass is 35.5. The number of hydrogen-bond donors (Lipinski definition) is 1. The van der Waals surface area contributed by atoms with E-state index in [1.54, 1.807) is 0 Å². The number of nitrogens with zero attached hydrogens (tertiary/aromatic N) is 1. The molecule has 3 rings (SSSR count). The van der Waals surface area contributed by atoms with Gasteiger partial charge in [0.15, 0.2) is 0 Å². The number of rotatable bonds is 2. The SMILES string of the molecule is C[C@H]1CNCCN1C(=O)CC1CCc2ccccc2C1.Cl. The number of carbonyl (C=O) groups excluding carboxylic acids is 1. The first kappa shape index (κ1) is 16.3. The van der Waals surface area contributed by atoms with E-state index in [4.69, 9.17) is 0 Å². The molecule has 2 aliphatic rings. The first-order valence-electron chi connectivity index (χ1n) is 7.81. The van der Waals surface area contributed by atoms with Crippen LogP contribution in [0.5, 0.6) is 0 Å². The highest BCUT2D eigenvalue weighted by Crippen LogP contribution is 2.28. The normalized spacial score (nSPS) is 24.9. The summed E-state index contributed by atoms with van der Waals surface area (Å²) in [5, 5.41) is 3.34. The van der Waals surface area contributed by atoms with Gasteiger partial charge in [-0.05, 0) is 43.2 Å². The monoisotopic (exact) mass is 308 g/mol. The molecule has 0 saturated carbocycles. The average Bonchev–Trinajstić information content (AvgIpc) is 2.47. The van der Waals surface area contributed by atoms with Crippen molar-refractivity contribution >= 4 is 18.3 Å². The second kappa shape index (κ2) is 7.28. The zero-order valence-corrected chi connectivity index (χ0v) is 13.5. The van der Waals surface area contributed by atoms with Crippen LogP contribution in [-0.4, -0.2) is 36.5 Å². The average molecular weight is 309 g/mol. The molecule has 1 fully saturated rings. The maximum atomic E-state index is 12.5. The molecule has 1 amide bonds. The van der Waals surface area contributed by atoms with Crippen LogP contribution in [-0.2, 0) is 17.6 Å². The van der Waals surface area contributed by atoms with Crippen molar-refractivity contribution in [2.75, 3.05) is 19.6 Å². The number of carbonyl (C=O) groups is 1. The molecule has 21 heavy (non-hydrogen) atoms. The lowest BCUT2D eigenvalue weighted by molar-refractivity contribution is -0.135. The van der Waals surface area contributed by atoms with E-state index < -0.39 is 0 Å². The highest BCUT2D eigenvalue weighted by Gasteiger charge is 2.27. The Kier molecular flexibility index (Phi) is 5.65. The Morgan fingerprint density at radius 3 is 2.86 bits per heavy atom. The van der Waals surface area contributed by atoms with Gasteiger partial charge in [0, 0.05) is 32.1 Å². The molecule has 0 radical (unpaired) electrons. The van der Waals surface area contributed by atoms with Gasteiger partial charge < -0.3 is 10.2 Å². The van der Waals surface area contributed by atoms with Gasteiger partial charge in [0.25, 0.3) is 0 Å². The third-order valence-electron chi connectivity index (χ3n) is 4.73. The summed E-state index contributed by atoms with van der Waals surface area (Å²) in [5.74, 6) is 0.878. The first-order valence-corrected chi connectivity index (χ1v) is 7.81. The van der Waals surface area contributed by atoms with Crippen molar-refractivity contribution in [1.82, 2.24) is 10.2 Å². The summed E-state index contributed by atoms with van der Waals surface area (Å²) in [4.78, 5) is 14.6. The first-order chi connectivity index (χ1) is 9.74. The fraction of sp³-hybridized carbons (Fsp3) is 0.588. The molecule has 4 heteroatoms. The number of nitrogens with one attached hydrogen (secondary N) is 1. The van der Waals surface area contributed by atoms with Crippen molar-refractivity contribution in [1.29, 1.82) is 0 Å². The van der Waals surface area contributed by atoms with Crippen molar-refractivity contribution in [2.24, 2.45) is 5.92 Å². The summed E-state index contributed by atoms with van der Waals surface area (Å²) in [6.07, 6.45) is 4.08. The van der Waals surface area contributed by atoms with E-state index in [0.717, 1.165) is 45.3 Å². The molecule has 3 nitrogen and oxygen atoms in total. The molecule has 1 unspecified atom stereocenters. The van der Waals surface area contributed by atoms with Crippen molar-refractivity contribution in [3.63, 3.8) is 0 Å². The van der Waals surface area contributed by atoms with Crippen LogP contribution in [0.2, 0.25) is 0 Å². The maximum Gasteiger partial charge on any atom is 0.223 e. The molecule has 1 aliphatic heterocycles. The largest absolute Gasteiger partial charge is 0.337 e. The Morgan fingerprint density at radius 2 is 2.10 bits per heavy atom. The van der Waals surface area contributed by atoms with Crippen LogP contribution in [0.3, 0.4) is 0 Å². The summed E-state index contributed by atoms with van der Waals surface area (Å²) in [6.45, 7) is 4.87. The van der Waals surface area contributed by atoms with E-state index in [-0.39, 0.29) is 12.4 Å². The second-order valence-electron chi connectivity index (χ2n) is 6.22. The molecule has 1 saturated heterocycles. The zero-order chi connectivity index (χ0) is 13.9. The molecule has 0 aromatic heterocycles. The van der Waals surface area contributed by atoms with Crippen LogP contribution < -0.4 is 5.32 Å². The van der Waals surface area contributed by atoms with E-state index in [9.17, 15) is 4.79 Å². The molecule has 0 spiro atoms. The Labute approximate surface area is 133 Å². The van der Waals surface area contributed by atoms with Gasteiger partial charge in [-0.1, -0.05) is 24.3 Å². The lowest BCUT2D eigenvalue weighted by Crippen LogP contribution is -2.52. The van der Waals surface area contributed by atoms with Gasteiger partial charge in [-0.2, -0.15) is 0 Å². The quantitative estimate of drug-likeness (QED) is 0.910. The molecule has 1 heterocycles. The minimum absolute atomic E-state index is 0. The van der Waals surface area contributed by atoms with Crippen molar-refractivity contribution in [3.8, 4) is 0 Å². The molecule has 1 aromatic carbocycles. The third kappa shape index (κ3) is 3.78. The second-order valence-corrected chi connectivity index (χ2v) is 6.22. The molecule has 2 atom stereocenters. The van der Waals surface area contributed by atoms with Crippen LogP contribution in [0.15, 0.2) is 24.3 Å². The fourth-order valence-electron chi connectivity index (χ4n) is 3.52. The molecular weight excluding hydrogens is 284 g/mol. The number of benzene rings is 1. The Morgan fingerprint density at radius 1 is 1.33 bits per heavy atom. The van der Waals surface area contributed by atoms with Gasteiger partial charge >= 0.3 is 0 Å². The minimum Gasteiger partial charge on any atom is -0.337 e. The van der Waals surface area contributed by atoms with E-state index in [1.807, 2.05) is 0 Å². The molecule has 0 bridgehead atoms. The predicted octanol–water partition coefficient (Wildman–Crippen LogP) is 2.42. The summed E-state index contributed by atoms with van der Waals surface area (Å²) >= 11 is 0. The van der Waals surface area contributed by atoms with E-state index >= 15 is 0 Å². The Bertz CT molecular complexity index is 491. The molecule has 1 aromatic rings. The summed E-state index contributed by atoms with van der Waals surface area (Å²) < 4.78 is 0. The topological polar surface area (TPSA) is 32.3 Å². The number of piperazine rings is 1. The predicted molar refractivity (Wildman–Crippen MR) is 87.9 cm³/mol. The summed E-state index contributed by atoms with van der Waals surface area (Å²) in [7, 11) is 0. The lowest BCUT2D eigenvalue weighted by Gasteiger charge is -2.35. The van der Waals surface area contributed by atoms with Gasteiger partial charge in [-0.3, -0.25) is 4.79 Å². The lowest BCUT2D eigenvalue weighted by atomic mass is 9.82. The summed E-state index contributed by atoms with van der Waals surface area (Å²) in [5.41, 5.74) is 2.93. The number of amides is 1. The highest BCUT2D eigenvalue weighted by molar-refractivity contribution is 5.85. The van der Waals surface area contributed by atoms with Crippen LogP contribution >= 0.6 is 12.4 Å². The number of aryl methyl sites for hydroxylation is 1. The third-order valence-corrected chi connectivity index (χ3v) is 4.73. The summed E-state index contributed by atoms with van der Waals surface area (Å²) in [6, 6.07) is 9.02. The maximum absolute atomic E-state index is 12.5. The molecule has 116 valence electrons.